The normalized spacial score (nSPS) is 32.4. The van der Waals surface area contributed by atoms with Crippen LogP contribution in [0.15, 0.2) is 6.20 Å². The number of hydrogen-bond donors (Lipinski definition) is 0. The highest BCUT2D eigenvalue weighted by Crippen LogP contribution is 2.39. The predicted octanol–water partition coefficient (Wildman–Crippen LogP) is 1.82. The van der Waals surface area contributed by atoms with Crippen molar-refractivity contribution >= 4 is 15.9 Å². The fourth-order valence-electron chi connectivity index (χ4n) is 1.72. The lowest BCUT2D eigenvalue weighted by Crippen LogP contribution is -2.25. The lowest BCUT2D eigenvalue weighted by Gasteiger charge is -2.21. The first-order chi connectivity index (χ1) is 6.63. The fourth-order valence-corrected chi connectivity index (χ4v) is 2.13. The van der Waals surface area contributed by atoms with Crippen molar-refractivity contribution < 1.29 is 4.74 Å². The molecule has 2 heterocycles. The lowest BCUT2D eigenvalue weighted by molar-refractivity contribution is -0.0139. The molecular weight excluding hydrogens is 246 g/mol. The molecule has 0 N–H and O–H groups in total. The van der Waals surface area contributed by atoms with Crippen molar-refractivity contribution in [2.45, 2.75) is 31.5 Å². The molecule has 5 heteroatoms. The predicted molar refractivity (Wildman–Crippen MR) is 56.3 cm³/mol. The van der Waals surface area contributed by atoms with Gasteiger partial charge in [0.1, 0.15) is 11.8 Å². The van der Waals surface area contributed by atoms with Gasteiger partial charge in [0.15, 0.2) is 0 Å². The Morgan fingerprint density at radius 3 is 3.07 bits per heavy atom. The third-order valence-electron chi connectivity index (χ3n) is 2.60. The number of rotatable bonds is 2. The van der Waals surface area contributed by atoms with E-state index in [9.17, 15) is 0 Å². The molecule has 0 aliphatic carbocycles. The Kier molecular flexibility index (Phi) is 2.62. The van der Waals surface area contributed by atoms with Crippen LogP contribution in [0.1, 0.15) is 31.6 Å². The summed E-state index contributed by atoms with van der Waals surface area (Å²) in [5, 5.41) is 8.85. The van der Waals surface area contributed by atoms with E-state index in [-0.39, 0.29) is 11.7 Å². The van der Waals surface area contributed by atoms with Crippen LogP contribution >= 0.6 is 15.9 Å². The lowest BCUT2D eigenvalue weighted by atomic mass is 10.0. The summed E-state index contributed by atoms with van der Waals surface area (Å²) in [5.74, 6) is 0. The second kappa shape index (κ2) is 3.62. The van der Waals surface area contributed by atoms with Crippen molar-refractivity contribution in [3.8, 4) is 0 Å². The zero-order valence-electron chi connectivity index (χ0n) is 8.40. The Bertz CT molecular complexity index is 328. The molecular formula is C9H14BrN3O. The minimum absolute atomic E-state index is 0.0395. The molecule has 4 nitrogen and oxygen atoms in total. The maximum atomic E-state index is 5.93. The highest BCUT2D eigenvalue weighted by Gasteiger charge is 2.36. The molecule has 1 aromatic heterocycles. The smallest absolute Gasteiger partial charge is 0.111 e. The summed E-state index contributed by atoms with van der Waals surface area (Å²) in [5.41, 5.74) is 0.902. The van der Waals surface area contributed by atoms with Gasteiger partial charge in [-0.2, -0.15) is 0 Å². The second-order valence-corrected chi connectivity index (χ2v) is 4.61. The van der Waals surface area contributed by atoms with Crippen LogP contribution in [-0.4, -0.2) is 25.9 Å². The van der Waals surface area contributed by atoms with Crippen molar-refractivity contribution in [3.05, 3.63) is 11.9 Å². The number of nitrogens with zero attached hydrogens (tertiary/aromatic N) is 3. The topological polar surface area (TPSA) is 39.9 Å². The van der Waals surface area contributed by atoms with Crippen LogP contribution in [0, 0.1) is 0 Å². The largest absolute Gasteiger partial charge is 0.365 e. The Labute approximate surface area is 91.8 Å². The summed E-state index contributed by atoms with van der Waals surface area (Å²) in [6, 6.07) is 0. The minimum atomic E-state index is -0.0395. The maximum Gasteiger partial charge on any atom is 0.111 e. The van der Waals surface area contributed by atoms with Crippen molar-refractivity contribution in [2.75, 3.05) is 5.33 Å². The number of halogens is 1. The highest BCUT2D eigenvalue weighted by molar-refractivity contribution is 9.09. The van der Waals surface area contributed by atoms with E-state index in [0.29, 0.717) is 0 Å². The molecule has 0 spiro atoms. The van der Waals surface area contributed by atoms with E-state index >= 15 is 0 Å². The van der Waals surface area contributed by atoms with Crippen LogP contribution in [0.3, 0.4) is 0 Å². The first kappa shape index (κ1) is 10.1. The molecule has 0 aromatic carbocycles. The van der Waals surface area contributed by atoms with Gasteiger partial charge in [0.05, 0.1) is 11.8 Å². The number of ether oxygens (including phenoxy) is 1. The molecule has 0 amide bonds. The molecule has 1 aromatic rings. The summed E-state index contributed by atoms with van der Waals surface area (Å²) >= 11 is 3.47. The molecule has 78 valence electrons. The molecule has 1 saturated heterocycles. The van der Waals surface area contributed by atoms with Crippen molar-refractivity contribution in [3.63, 3.8) is 0 Å². The van der Waals surface area contributed by atoms with Gasteiger partial charge in [-0.25, -0.2) is 0 Å². The van der Waals surface area contributed by atoms with E-state index < -0.39 is 0 Å². The van der Waals surface area contributed by atoms with Crippen molar-refractivity contribution in [1.82, 2.24) is 15.0 Å². The third-order valence-corrected chi connectivity index (χ3v) is 3.78. The van der Waals surface area contributed by atoms with Crippen molar-refractivity contribution in [2.24, 2.45) is 7.05 Å². The highest BCUT2D eigenvalue weighted by atomic mass is 79.9. The fraction of sp³-hybridized carbons (Fsp3) is 0.778. The minimum Gasteiger partial charge on any atom is -0.365 e. The van der Waals surface area contributed by atoms with Gasteiger partial charge in [-0.05, 0) is 19.8 Å². The molecule has 1 fully saturated rings. The van der Waals surface area contributed by atoms with E-state index in [0.717, 1.165) is 23.9 Å². The molecule has 0 bridgehead atoms. The molecule has 14 heavy (non-hydrogen) atoms. The Morgan fingerprint density at radius 1 is 1.79 bits per heavy atom. The first-order valence-corrected chi connectivity index (χ1v) is 5.85. The number of aryl methyl sites for hydroxylation is 1. The van der Waals surface area contributed by atoms with Crippen molar-refractivity contribution in [1.29, 1.82) is 0 Å². The monoisotopic (exact) mass is 259 g/mol. The maximum absolute atomic E-state index is 5.93. The van der Waals surface area contributed by atoms with Gasteiger partial charge in [-0.1, -0.05) is 21.1 Å². The van der Waals surface area contributed by atoms with Crippen LogP contribution in [0.25, 0.3) is 0 Å². The van der Waals surface area contributed by atoms with E-state index in [1.165, 1.54) is 0 Å². The average Bonchev–Trinajstić information content (AvgIpc) is 2.73. The van der Waals surface area contributed by atoms with Crippen LogP contribution < -0.4 is 0 Å². The van der Waals surface area contributed by atoms with Gasteiger partial charge >= 0.3 is 0 Å². The van der Waals surface area contributed by atoms with E-state index in [2.05, 4.69) is 33.2 Å². The third kappa shape index (κ3) is 1.83. The van der Waals surface area contributed by atoms with Gasteiger partial charge < -0.3 is 4.74 Å². The summed E-state index contributed by atoms with van der Waals surface area (Å²) in [7, 11) is 1.87. The molecule has 2 atom stereocenters. The van der Waals surface area contributed by atoms with Crippen LogP contribution in [0.5, 0.6) is 0 Å². The van der Waals surface area contributed by atoms with Gasteiger partial charge in [0.2, 0.25) is 0 Å². The average molecular weight is 260 g/mol. The van der Waals surface area contributed by atoms with E-state index in [1.54, 1.807) is 4.68 Å². The molecule has 1 aliphatic rings. The molecule has 2 unspecified atom stereocenters. The summed E-state index contributed by atoms with van der Waals surface area (Å²) in [6.45, 7) is 2.12. The van der Waals surface area contributed by atoms with Gasteiger partial charge in [-0.3, -0.25) is 4.68 Å². The second-order valence-electron chi connectivity index (χ2n) is 4.05. The van der Waals surface area contributed by atoms with Gasteiger partial charge in [0, 0.05) is 12.4 Å². The van der Waals surface area contributed by atoms with Gasteiger partial charge in [0.25, 0.3) is 0 Å². The molecule has 1 aliphatic heterocycles. The summed E-state index contributed by atoms with van der Waals surface area (Å²) < 4.78 is 7.65. The van der Waals surface area contributed by atoms with Crippen LogP contribution in [-0.2, 0) is 11.8 Å². The van der Waals surface area contributed by atoms with Crippen LogP contribution in [0.4, 0.5) is 0 Å². The first-order valence-electron chi connectivity index (χ1n) is 4.73. The SMILES string of the molecule is Cn1cc(C2CCC(C)(CBr)O2)nn1. The summed E-state index contributed by atoms with van der Waals surface area (Å²) in [4.78, 5) is 0. The van der Waals surface area contributed by atoms with E-state index in [4.69, 9.17) is 4.74 Å². The van der Waals surface area contributed by atoms with E-state index in [1.807, 2.05) is 13.2 Å². The number of hydrogen-bond acceptors (Lipinski definition) is 3. The zero-order chi connectivity index (χ0) is 10.2. The Morgan fingerprint density at radius 2 is 2.57 bits per heavy atom. The summed E-state index contributed by atoms with van der Waals surface area (Å²) in [6.07, 6.45) is 4.14. The quantitative estimate of drug-likeness (QED) is 0.761. The molecule has 0 saturated carbocycles. The number of aromatic nitrogens is 3. The number of alkyl halides is 1. The zero-order valence-corrected chi connectivity index (χ0v) is 9.99. The Hall–Kier alpha value is -0.420. The standard InChI is InChI=1S/C9H14BrN3O/c1-9(6-10)4-3-8(14-9)7-5-13(2)12-11-7/h5,8H,3-4,6H2,1-2H3. The Balaban J connectivity index is 2.09. The molecule has 0 radical (unpaired) electrons. The molecule has 2 rings (SSSR count). The van der Waals surface area contributed by atoms with Gasteiger partial charge in [-0.15, -0.1) is 5.10 Å². The van der Waals surface area contributed by atoms with Crippen LogP contribution in [0.2, 0.25) is 0 Å².